The summed E-state index contributed by atoms with van der Waals surface area (Å²) in [5.41, 5.74) is 0.825. The van der Waals surface area contributed by atoms with Gasteiger partial charge in [-0.3, -0.25) is 4.79 Å². The minimum Gasteiger partial charge on any atom is -0.488 e. The van der Waals surface area contributed by atoms with Crippen LogP contribution in [0.15, 0.2) is 48.1 Å². The first kappa shape index (κ1) is 21.1. The largest absolute Gasteiger partial charge is 0.488 e. The number of rotatable bonds is 5. The second-order valence-electron chi connectivity index (χ2n) is 8.49. The highest BCUT2D eigenvalue weighted by atomic mass is 32.1. The number of hydrogen-bond acceptors (Lipinski definition) is 4. The summed E-state index contributed by atoms with van der Waals surface area (Å²) in [6.45, 7) is 12.0. The molecule has 0 N–H and O–H groups in total. The Labute approximate surface area is 167 Å². The highest BCUT2D eigenvalue weighted by Crippen LogP contribution is 2.31. The molecular weight excluding hydrogens is 356 g/mol. The number of ether oxygens (including phenoxy) is 2. The van der Waals surface area contributed by atoms with Crippen LogP contribution in [-0.4, -0.2) is 21.8 Å². The fraction of sp³-hybridized carbons (Fsp3) is 0.391. The van der Waals surface area contributed by atoms with Gasteiger partial charge in [-0.25, -0.2) is 0 Å². The van der Waals surface area contributed by atoms with E-state index >= 15 is 0 Å². The molecule has 144 valence electrons. The van der Waals surface area contributed by atoms with Crippen molar-refractivity contribution in [2.75, 3.05) is 0 Å². The van der Waals surface area contributed by atoms with Gasteiger partial charge >= 0.3 is 0 Å². The third kappa shape index (κ3) is 7.14. The molecule has 2 rings (SSSR count). The van der Waals surface area contributed by atoms with Crippen molar-refractivity contribution in [2.45, 2.75) is 59.2 Å². The highest BCUT2D eigenvalue weighted by Gasteiger charge is 2.17. The minimum atomic E-state index is -0.364. The minimum absolute atomic E-state index is 0.0505. The molecule has 4 heteroatoms. The predicted molar refractivity (Wildman–Crippen MR) is 116 cm³/mol. The van der Waals surface area contributed by atoms with E-state index < -0.39 is 0 Å². The smallest absolute Gasteiger partial charge is 0.185 e. The molecule has 0 heterocycles. The number of benzene rings is 1. The quantitative estimate of drug-likeness (QED) is 0.469. The number of ketones is 1. The molecule has 0 aliphatic heterocycles. The molecule has 0 radical (unpaired) electrons. The van der Waals surface area contributed by atoms with Gasteiger partial charge in [0.05, 0.1) is 0 Å². The summed E-state index contributed by atoms with van der Waals surface area (Å²) in [5, 5.41) is 0. The number of carbonyl (C=O) groups is 1. The van der Waals surface area contributed by atoms with Gasteiger partial charge in [-0.05, 0) is 71.9 Å². The van der Waals surface area contributed by atoms with Gasteiger partial charge in [-0.1, -0.05) is 24.4 Å². The molecule has 0 bridgehead atoms. The number of thiocarbonyl (C=S) groups is 1. The van der Waals surface area contributed by atoms with E-state index in [1.807, 2.05) is 71.9 Å². The summed E-state index contributed by atoms with van der Waals surface area (Å²) in [4.78, 5) is 13.3. The van der Waals surface area contributed by atoms with E-state index in [-0.39, 0.29) is 17.0 Å². The molecule has 1 aromatic carbocycles. The molecule has 0 unspecified atom stereocenters. The molecule has 0 aromatic heterocycles. The molecule has 0 fully saturated rings. The van der Waals surface area contributed by atoms with Crippen molar-refractivity contribution >= 4 is 28.9 Å². The Kier molecular flexibility index (Phi) is 6.42. The van der Waals surface area contributed by atoms with E-state index in [0.717, 1.165) is 16.2 Å². The molecule has 1 aromatic rings. The highest BCUT2D eigenvalue weighted by molar-refractivity contribution is 7.80. The molecule has 0 amide bonds. The van der Waals surface area contributed by atoms with Gasteiger partial charge in [0.2, 0.25) is 0 Å². The van der Waals surface area contributed by atoms with Crippen LogP contribution in [-0.2, 0) is 4.79 Å². The summed E-state index contributed by atoms with van der Waals surface area (Å²) >= 11 is 5.11. The molecule has 27 heavy (non-hydrogen) atoms. The van der Waals surface area contributed by atoms with E-state index in [1.165, 1.54) is 0 Å². The Morgan fingerprint density at radius 1 is 1.04 bits per heavy atom. The Morgan fingerprint density at radius 2 is 1.70 bits per heavy atom. The molecule has 0 spiro atoms. The van der Waals surface area contributed by atoms with Crippen molar-refractivity contribution in [2.24, 2.45) is 0 Å². The lowest BCUT2D eigenvalue weighted by atomic mass is 10.0. The van der Waals surface area contributed by atoms with Crippen molar-refractivity contribution in [1.29, 1.82) is 0 Å². The normalized spacial score (nSPS) is 15.0. The molecule has 3 nitrogen and oxygen atoms in total. The van der Waals surface area contributed by atoms with Crippen LogP contribution in [0.5, 0.6) is 11.5 Å². The van der Waals surface area contributed by atoms with Crippen molar-refractivity contribution in [3.63, 3.8) is 0 Å². The Hall–Kier alpha value is -2.20. The van der Waals surface area contributed by atoms with Crippen LogP contribution in [0.3, 0.4) is 0 Å². The summed E-state index contributed by atoms with van der Waals surface area (Å²) in [7, 11) is 0. The van der Waals surface area contributed by atoms with E-state index in [0.29, 0.717) is 17.7 Å². The van der Waals surface area contributed by atoms with E-state index in [4.69, 9.17) is 21.7 Å². The lowest BCUT2D eigenvalue weighted by molar-refractivity contribution is -0.111. The van der Waals surface area contributed by atoms with Gasteiger partial charge in [-0.15, -0.1) is 0 Å². The molecule has 1 aliphatic rings. The molecule has 0 atom stereocenters. The maximum atomic E-state index is 12.4. The van der Waals surface area contributed by atoms with Crippen LogP contribution in [0.4, 0.5) is 0 Å². The SMILES string of the molecule is CC(C)(C)Oc1ccc(C=CC(=O)C2=CCC(=S)C=C2)c(OC(C)(C)C)c1. The average Bonchev–Trinajstić information content (AvgIpc) is 2.51. The number of hydrogen-bond donors (Lipinski definition) is 0. The van der Waals surface area contributed by atoms with Gasteiger partial charge in [0.1, 0.15) is 22.7 Å². The summed E-state index contributed by atoms with van der Waals surface area (Å²) in [6, 6.07) is 5.67. The third-order valence-electron chi connectivity index (χ3n) is 3.50. The Bertz CT molecular complexity index is 815. The molecule has 1 aliphatic carbocycles. The fourth-order valence-electron chi connectivity index (χ4n) is 2.46. The topological polar surface area (TPSA) is 35.5 Å². The number of carbonyl (C=O) groups excluding carboxylic acids is 1. The average molecular weight is 385 g/mol. The predicted octanol–water partition coefficient (Wildman–Crippen LogP) is 5.88. The Morgan fingerprint density at radius 3 is 2.26 bits per heavy atom. The maximum Gasteiger partial charge on any atom is 0.185 e. The summed E-state index contributed by atoms with van der Waals surface area (Å²) in [5.74, 6) is 1.37. The van der Waals surface area contributed by atoms with Gasteiger partial charge in [0, 0.05) is 28.5 Å². The van der Waals surface area contributed by atoms with Gasteiger partial charge < -0.3 is 9.47 Å². The zero-order valence-electron chi connectivity index (χ0n) is 17.0. The summed E-state index contributed by atoms with van der Waals surface area (Å²) < 4.78 is 12.0. The molecular formula is C23H28O3S. The van der Waals surface area contributed by atoms with E-state index in [9.17, 15) is 4.79 Å². The lowest BCUT2D eigenvalue weighted by Gasteiger charge is -2.25. The van der Waals surface area contributed by atoms with Crippen LogP contribution in [0.25, 0.3) is 6.08 Å². The van der Waals surface area contributed by atoms with Crippen LogP contribution < -0.4 is 9.47 Å². The number of allylic oxidation sites excluding steroid dienone is 5. The van der Waals surface area contributed by atoms with Crippen molar-refractivity contribution in [3.8, 4) is 11.5 Å². The standard InChI is InChI=1S/C23H28O3S/c1-22(2,3)25-18-11-7-17(21(15-18)26-23(4,5)6)10-14-20(24)16-8-12-19(27)13-9-16/h7-12,14-15H,13H2,1-6H3. The van der Waals surface area contributed by atoms with E-state index in [2.05, 4.69) is 0 Å². The fourth-order valence-corrected chi connectivity index (χ4v) is 2.61. The van der Waals surface area contributed by atoms with Gasteiger partial charge in [0.25, 0.3) is 0 Å². The van der Waals surface area contributed by atoms with Crippen LogP contribution in [0, 0.1) is 0 Å². The van der Waals surface area contributed by atoms with Gasteiger partial charge in [0.15, 0.2) is 5.78 Å². The Balaban J connectivity index is 2.27. The van der Waals surface area contributed by atoms with E-state index in [1.54, 1.807) is 18.2 Å². The first-order chi connectivity index (χ1) is 12.4. The maximum absolute atomic E-state index is 12.4. The first-order valence-corrected chi connectivity index (χ1v) is 9.49. The second-order valence-corrected chi connectivity index (χ2v) is 9.01. The molecule has 0 saturated carbocycles. The molecule has 0 saturated heterocycles. The second kappa shape index (κ2) is 8.22. The van der Waals surface area contributed by atoms with Crippen LogP contribution in [0.1, 0.15) is 53.5 Å². The summed E-state index contributed by atoms with van der Waals surface area (Å²) in [6.07, 6.45) is 9.43. The van der Waals surface area contributed by atoms with Crippen molar-refractivity contribution in [1.82, 2.24) is 0 Å². The first-order valence-electron chi connectivity index (χ1n) is 9.08. The zero-order chi connectivity index (χ0) is 20.2. The van der Waals surface area contributed by atoms with Crippen LogP contribution >= 0.6 is 12.2 Å². The van der Waals surface area contributed by atoms with Crippen LogP contribution in [0.2, 0.25) is 0 Å². The van der Waals surface area contributed by atoms with Gasteiger partial charge in [-0.2, -0.15) is 0 Å². The third-order valence-corrected chi connectivity index (χ3v) is 3.80. The zero-order valence-corrected chi connectivity index (χ0v) is 17.8. The van der Waals surface area contributed by atoms with Crippen molar-refractivity contribution in [3.05, 3.63) is 53.6 Å². The van der Waals surface area contributed by atoms with Crippen molar-refractivity contribution < 1.29 is 14.3 Å². The monoisotopic (exact) mass is 384 g/mol. The lowest BCUT2D eigenvalue weighted by Crippen LogP contribution is -2.24.